The summed E-state index contributed by atoms with van der Waals surface area (Å²) in [5.74, 6) is -2.47. The molecule has 0 aromatic carbocycles. The molecule has 2 saturated heterocycles. The zero-order valence-corrected chi connectivity index (χ0v) is 18.2. The Morgan fingerprint density at radius 3 is 2.48 bits per heavy atom. The molecule has 4 heterocycles. The molecule has 2 aromatic rings. The van der Waals surface area contributed by atoms with Gasteiger partial charge in [0.2, 0.25) is 5.88 Å². The summed E-state index contributed by atoms with van der Waals surface area (Å²) >= 11 is 0. The summed E-state index contributed by atoms with van der Waals surface area (Å²) in [5, 5.41) is 11.1. The number of alkyl halides is 3. The number of carboxylic acid groups (broad SMARTS) is 1. The summed E-state index contributed by atoms with van der Waals surface area (Å²) in [5.41, 5.74) is 0.471. The van der Waals surface area contributed by atoms with Crippen molar-refractivity contribution >= 4 is 21.7 Å². The molecule has 1 spiro atoms. The number of pyridine rings is 1. The van der Waals surface area contributed by atoms with Gasteiger partial charge in [-0.05, 0) is 12.5 Å². The molecular weight excluding hydrogens is 469 g/mol. The van der Waals surface area contributed by atoms with Crippen molar-refractivity contribution in [2.75, 3.05) is 25.4 Å². The van der Waals surface area contributed by atoms with Crippen molar-refractivity contribution in [1.82, 2.24) is 19.7 Å². The van der Waals surface area contributed by atoms with Gasteiger partial charge >= 0.3 is 12.1 Å². The monoisotopic (exact) mass is 490 g/mol. The third-order valence-corrected chi connectivity index (χ3v) is 8.17. The number of sulfone groups is 1. The zero-order chi connectivity index (χ0) is 24.4. The highest BCUT2D eigenvalue weighted by atomic mass is 32.2. The summed E-state index contributed by atoms with van der Waals surface area (Å²) in [7, 11) is -1.53. The molecule has 2 aliphatic rings. The maximum atomic E-state index is 12.7. The van der Waals surface area contributed by atoms with E-state index in [-0.39, 0.29) is 37.3 Å². The number of carbonyl (C=O) groups excluding carboxylic acids is 1. The Bertz CT molecular complexity index is 1110. The average Bonchev–Trinajstić information content (AvgIpc) is 3.25. The second-order valence-corrected chi connectivity index (χ2v) is 10.2. The first kappa shape index (κ1) is 24.5. The Kier molecular flexibility index (Phi) is 6.68. The lowest BCUT2D eigenvalue weighted by Gasteiger charge is -2.49. The standard InChI is InChI=1S/C17H20N4O4S.C2HF3O2/c1-20-9-13(8-19-20)16(22)21-11-17(12-21)14(5-7-26(17,23)24)10-25-15-4-2-3-6-18-15;3-2(4,5)1(6)7/h2-4,6,8-9,14H,5,7,10-12H2,1H3;(H,6,7). The van der Waals surface area contributed by atoms with Crippen molar-refractivity contribution < 1.29 is 41.0 Å². The minimum Gasteiger partial charge on any atom is -0.477 e. The number of rotatable bonds is 4. The lowest BCUT2D eigenvalue weighted by molar-refractivity contribution is -0.192. The molecule has 2 aliphatic heterocycles. The van der Waals surface area contributed by atoms with Crippen molar-refractivity contribution in [3.8, 4) is 5.88 Å². The highest BCUT2D eigenvalue weighted by molar-refractivity contribution is 7.93. The predicted molar refractivity (Wildman–Crippen MR) is 107 cm³/mol. The first-order valence-corrected chi connectivity index (χ1v) is 11.3. The van der Waals surface area contributed by atoms with E-state index in [4.69, 9.17) is 14.6 Å². The molecule has 1 N–H and O–H groups in total. The molecule has 180 valence electrons. The summed E-state index contributed by atoms with van der Waals surface area (Å²) < 4.78 is 63.4. The Morgan fingerprint density at radius 1 is 1.30 bits per heavy atom. The van der Waals surface area contributed by atoms with Crippen molar-refractivity contribution in [2.24, 2.45) is 13.0 Å². The number of carbonyl (C=O) groups is 2. The number of likely N-dealkylation sites (tertiary alicyclic amines) is 1. The quantitative estimate of drug-likeness (QED) is 0.675. The number of aryl methyl sites for hydroxylation is 1. The van der Waals surface area contributed by atoms with Crippen molar-refractivity contribution in [1.29, 1.82) is 0 Å². The van der Waals surface area contributed by atoms with Crippen molar-refractivity contribution in [3.05, 3.63) is 42.4 Å². The van der Waals surface area contributed by atoms with E-state index in [1.807, 2.05) is 6.07 Å². The third-order valence-electron chi connectivity index (χ3n) is 5.57. The molecule has 1 atom stereocenters. The fourth-order valence-corrected chi connectivity index (χ4v) is 6.18. The molecule has 0 bridgehead atoms. The van der Waals surface area contributed by atoms with Gasteiger partial charge in [-0.15, -0.1) is 0 Å². The van der Waals surface area contributed by atoms with E-state index >= 15 is 0 Å². The number of hydrogen-bond donors (Lipinski definition) is 1. The topological polar surface area (TPSA) is 132 Å². The first-order chi connectivity index (χ1) is 15.4. The van der Waals surface area contributed by atoms with Crippen LogP contribution in [-0.4, -0.2) is 81.4 Å². The van der Waals surface area contributed by atoms with E-state index in [9.17, 15) is 26.4 Å². The summed E-state index contributed by atoms with van der Waals surface area (Å²) in [4.78, 5) is 27.1. The predicted octanol–water partition coefficient (Wildman–Crippen LogP) is 1.16. The Labute approximate surface area is 186 Å². The van der Waals surface area contributed by atoms with Gasteiger partial charge < -0.3 is 14.7 Å². The van der Waals surface area contributed by atoms with Crippen LogP contribution in [-0.2, 0) is 21.7 Å². The van der Waals surface area contributed by atoms with Crippen LogP contribution in [0.1, 0.15) is 16.8 Å². The van der Waals surface area contributed by atoms with Crippen molar-refractivity contribution in [2.45, 2.75) is 17.3 Å². The molecule has 0 radical (unpaired) electrons. The smallest absolute Gasteiger partial charge is 0.477 e. The fourth-order valence-electron chi connectivity index (χ4n) is 3.78. The molecule has 0 aliphatic carbocycles. The van der Waals surface area contributed by atoms with Gasteiger partial charge in [-0.2, -0.15) is 18.3 Å². The lowest BCUT2D eigenvalue weighted by atomic mass is 9.83. The molecule has 1 amide bonds. The zero-order valence-electron chi connectivity index (χ0n) is 17.4. The average molecular weight is 490 g/mol. The van der Waals surface area contributed by atoms with Crippen LogP contribution in [0, 0.1) is 5.92 Å². The van der Waals surface area contributed by atoms with Crippen LogP contribution < -0.4 is 4.74 Å². The number of hydrogen-bond acceptors (Lipinski definition) is 7. The number of aromatic nitrogens is 3. The molecule has 33 heavy (non-hydrogen) atoms. The Balaban J connectivity index is 0.000000383. The van der Waals surface area contributed by atoms with Crippen LogP contribution in [0.2, 0.25) is 0 Å². The highest BCUT2D eigenvalue weighted by Gasteiger charge is 2.62. The number of carboxylic acids is 1. The Morgan fingerprint density at radius 2 is 1.97 bits per heavy atom. The maximum absolute atomic E-state index is 12.7. The maximum Gasteiger partial charge on any atom is 0.490 e. The normalized spacial score (nSPS) is 20.5. The summed E-state index contributed by atoms with van der Waals surface area (Å²) in [6, 6.07) is 5.36. The van der Waals surface area contributed by atoms with Gasteiger partial charge in [0.05, 0.1) is 24.1 Å². The SMILES string of the molecule is Cn1cc(C(=O)N2CC3(C2)C(COc2ccccn2)CCS3(=O)=O)cn1.O=C(O)C(F)(F)F. The van der Waals surface area contributed by atoms with E-state index in [1.54, 1.807) is 41.2 Å². The van der Waals surface area contributed by atoms with Gasteiger partial charge in [0, 0.05) is 44.5 Å². The number of halogens is 3. The lowest BCUT2D eigenvalue weighted by Crippen LogP contribution is -2.68. The first-order valence-electron chi connectivity index (χ1n) is 9.70. The van der Waals surface area contributed by atoms with E-state index < -0.39 is 26.7 Å². The van der Waals surface area contributed by atoms with Crippen LogP contribution in [0.25, 0.3) is 0 Å². The van der Waals surface area contributed by atoms with Gasteiger partial charge in [-0.3, -0.25) is 9.48 Å². The summed E-state index contributed by atoms with van der Waals surface area (Å²) in [6.07, 6.45) is 0.231. The molecule has 2 aromatic heterocycles. The minimum atomic E-state index is -5.08. The van der Waals surface area contributed by atoms with E-state index in [2.05, 4.69) is 10.1 Å². The molecule has 0 saturated carbocycles. The van der Waals surface area contributed by atoms with E-state index in [1.165, 1.54) is 6.20 Å². The van der Waals surface area contributed by atoms with E-state index in [0.717, 1.165) is 0 Å². The second kappa shape index (κ2) is 9.00. The van der Waals surface area contributed by atoms with Gasteiger partial charge in [-0.25, -0.2) is 18.2 Å². The van der Waals surface area contributed by atoms with Crippen LogP contribution in [0.4, 0.5) is 13.2 Å². The van der Waals surface area contributed by atoms with Crippen LogP contribution in [0.3, 0.4) is 0 Å². The number of amides is 1. The largest absolute Gasteiger partial charge is 0.490 e. The van der Waals surface area contributed by atoms with Crippen LogP contribution in [0.15, 0.2) is 36.8 Å². The third kappa shape index (κ3) is 5.10. The van der Waals surface area contributed by atoms with Crippen LogP contribution in [0.5, 0.6) is 5.88 Å². The van der Waals surface area contributed by atoms with Gasteiger partial charge in [0.1, 0.15) is 4.75 Å². The molecule has 10 nitrogen and oxygen atoms in total. The van der Waals surface area contributed by atoms with Gasteiger partial charge in [0.15, 0.2) is 9.84 Å². The van der Waals surface area contributed by atoms with Crippen LogP contribution >= 0.6 is 0 Å². The minimum absolute atomic E-state index is 0.137. The number of ether oxygens (including phenoxy) is 1. The number of aliphatic carboxylic acids is 1. The molecular formula is C19H21F3N4O6S. The highest BCUT2D eigenvalue weighted by Crippen LogP contribution is 2.45. The molecule has 14 heteroatoms. The Hall–Kier alpha value is -3.16. The van der Waals surface area contributed by atoms with Gasteiger partial charge in [0.25, 0.3) is 5.91 Å². The van der Waals surface area contributed by atoms with E-state index in [0.29, 0.717) is 17.9 Å². The molecule has 2 fully saturated rings. The molecule has 1 unspecified atom stereocenters. The van der Waals surface area contributed by atoms with Gasteiger partial charge in [-0.1, -0.05) is 6.07 Å². The summed E-state index contributed by atoms with van der Waals surface area (Å²) in [6.45, 7) is 0.698. The fraction of sp³-hybridized carbons (Fsp3) is 0.474. The second-order valence-electron chi connectivity index (χ2n) is 7.72. The number of nitrogens with zero attached hydrogens (tertiary/aromatic N) is 4. The molecule has 4 rings (SSSR count). The van der Waals surface area contributed by atoms with Crippen molar-refractivity contribution in [3.63, 3.8) is 0 Å².